The monoisotopic (exact) mass is 255 g/mol. The van der Waals surface area contributed by atoms with Gasteiger partial charge in [0.1, 0.15) is 5.82 Å². The molecular formula is C14H19ClFN. The zero-order valence-corrected chi connectivity index (χ0v) is 11.1. The summed E-state index contributed by atoms with van der Waals surface area (Å²) in [4.78, 5) is 0. The number of hydrogen-bond donors (Lipinski definition) is 1. The van der Waals surface area contributed by atoms with Crippen LogP contribution in [0.1, 0.15) is 32.3 Å². The molecule has 0 radical (unpaired) electrons. The molecule has 0 bridgehead atoms. The van der Waals surface area contributed by atoms with Crippen molar-refractivity contribution in [2.75, 3.05) is 0 Å². The van der Waals surface area contributed by atoms with Gasteiger partial charge in [0.15, 0.2) is 0 Å². The average molecular weight is 256 g/mol. The minimum Gasteiger partial charge on any atom is -0.311 e. The molecule has 0 saturated heterocycles. The van der Waals surface area contributed by atoms with Gasteiger partial charge in [0.05, 0.1) is 5.02 Å². The van der Waals surface area contributed by atoms with Crippen LogP contribution in [0, 0.1) is 11.7 Å². The quantitative estimate of drug-likeness (QED) is 0.844. The van der Waals surface area contributed by atoms with Crippen molar-refractivity contribution in [1.29, 1.82) is 0 Å². The van der Waals surface area contributed by atoms with E-state index in [9.17, 15) is 4.39 Å². The Morgan fingerprint density at radius 3 is 2.76 bits per heavy atom. The van der Waals surface area contributed by atoms with Gasteiger partial charge in [-0.05, 0) is 43.7 Å². The molecule has 1 aromatic carbocycles. The zero-order chi connectivity index (χ0) is 12.4. The number of nitrogens with one attached hydrogen (secondary N) is 1. The predicted molar refractivity (Wildman–Crippen MR) is 69.9 cm³/mol. The summed E-state index contributed by atoms with van der Waals surface area (Å²) >= 11 is 5.78. The fourth-order valence-electron chi connectivity index (χ4n) is 2.02. The summed E-state index contributed by atoms with van der Waals surface area (Å²) in [5.41, 5.74) is 0.717. The standard InChI is InChI=1S/C14H19ClFN/c1-9(10(2)17-12-6-7-12)8-11-4-3-5-13(15)14(11)16/h3-5,9-10,12,17H,6-8H2,1-2H3. The Bertz CT molecular complexity index is 390. The van der Waals surface area contributed by atoms with Crippen LogP contribution in [0.5, 0.6) is 0 Å². The first-order valence-corrected chi connectivity index (χ1v) is 6.64. The topological polar surface area (TPSA) is 12.0 Å². The van der Waals surface area contributed by atoms with Crippen LogP contribution in [0.4, 0.5) is 4.39 Å². The summed E-state index contributed by atoms with van der Waals surface area (Å²) in [5, 5.41) is 3.77. The maximum Gasteiger partial charge on any atom is 0.144 e. The van der Waals surface area contributed by atoms with Crippen LogP contribution >= 0.6 is 11.6 Å². The molecule has 1 aromatic rings. The van der Waals surface area contributed by atoms with Crippen molar-refractivity contribution >= 4 is 11.6 Å². The molecule has 3 heteroatoms. The summed E-state index contributed by atoms with van der Waals surface area (Å²) in [6.07, 6.45) is 3.29. The Hall–Kier alpha value is -0.600. The molecule has 1 N–H and O–H groups in total. The van der Waals surface area contributed by atoms with Crippen molar-refractivity contribution < 1.29 is 4.39 Å². The second kappa shape index (κ2) is 5.36. The molecule has 1 nitrogen and oxygen atoms in total. The van der Waals surface area contributed by atoms with Crippen LogP contribution in [-0.4, -0.2) is 12.1 Å². The largest absolute Gasteiger partial charge is 0.311 e. The van der Waals surface area contributed by atoms with E-state index in [1.807, 2.05) is 12.1 Å². The van der Waals surface area contributed by atoms with Crippen LogP contribution < -0.4 is 5.32 Å². The molecule has 17 heavy (non-hydrogen) atoms. The predicted octanol–water partition coefficient (Wildman–Crippen LogP) is 3.80. The SMILES string of the molecule is CC(Cc1cccc(Cl)c1F)C(C)NC1CC1. The van der Waals surface area contributed by atoms with Gasteiger partial charge in [0.25, 0.3) is 0 Å². The molecule has 0 aliphatic heterocycles. The highest BCUT2D eigenvalue weighted by molar-refractivity contribution is 6.30. The van der Waals surface area contributed by atoms with E-state index >= 15 is 0 Å². The first-order valence-electron chi connectivity index (χ1n) is 6.27. The summed E-state index contributed by atoms with van der Waals surface area (Å²) < 4.78 is 13.7. The Balaban J connectivity index is 1.96. The maximum absolute atomic E-state index is 13.7. The van der Waals surface area contributed by atoms with Gasteiger partial charge in [0.2, 0.25) is 0 Å². The third-order valence-corrected chi connectivity index (χ3v) is 3.79. The highest BCUT2D eigenvalue weighted by Gasteiger charge is 2.25. The van der Waals surface area contributed by atoms with E-state index in [4.69, 9.17) is 11.6 Å². The van der Waals surface area contributed by atoms with Crippen molar-refractivity contribution in [2.24, 2.45) is 5.92 Å². The van der Waals surface area contributed by atoms with Crippen molar-refractivity contribution in [3.63, 3.8) is 0 Å². The molecule has 1 saturated carbocycles. The highest BCUT2D eigenvalue weighted by Crippen LogP contribution is 2.24. The number of halogens is 2. The van der Waals surface area contributed by atoms with E-state index in [0.29, 0.717) is 18.0 Å². The molecular weight excluding hydrogens is 237 g/mol. The van der Waals surface area contributed by atoms with Crippen LogP contribution in [0.25, 0.3) is 0 Å². The van der Waals surface area contributed by atoms with Gasteiger partial charge in [-0.25, -0.2) is 4.39 Å². The summed E-state index contributed by atoms with van der Waals surface area (Å²) in [6.45, 7) is 4.33. The van der Waals surface area contributed by atoms with Gasteiger partial charge in [-0.1, -0.05) is 30.7 Å². The van der Waals surface area contributed by atoms with E-state index in [-0.39, 0.29) is 10.8 Å². The van der Waals surface area contributed by atoms with Crippen LogP contribution in [0.3, 0.4) is 0 Å². The first-order chi connectivity index (χ1) is 8.08. The van der Waals surface area contributed by atoms with Gasteiger partial charge in [-0.2, -0.15) is 0 Å². The third-order valence-electron chi connectivity index (χ3n) is 3.50. The number of rotatable bonds is 5. The van der Waals surface area contributed by atoms with Crippen molar-refractivity contribution in [3.8, 4) is 0 Å². The molecule has 0 aromatic heterocycles. The minimum absolute atomic E-state index is 0.220. The van der Waals surface area contributed by atoms with Crippen LogP contribution in [-0.2, 0) is 6.42 Å². The lowest BCUT2D eigenvalue weighted by Gasteiger charge is -2.21. The van der Waals surface area contributed by atoms with E-state index in [1.165, 1.54) is 12.8 Å². The molecule has 0 spiro atoms. The first kappa shape index (κ1) is 12.8. The van der Waals surface area contributed by atoms with Gasteiger partial charge in [-0.3, -0.25) is 0 Å². The molecule has 2 atom stereocenters. The highest BCUT2D eigenvalue weighted by atomic mass is 35.5. The zero-order valence-electron chi connectivity index (χ0n) is 10.3. The van der Waals surface area contributed by atoms with E-state index in [2.05, 4.69) is 19.2 Å². The Labute approximate surface area is 107 Å². The van der Waals surface area contributed by atoms with Gasteiger partial charge in [0, 0.05) is 12.1 Å². The van der Waals surface area contributed by atoms with Crippen molar-refractivity contribution in [1.82, 2.24) is 5.32 Å². The minimum atomic E-state index is -0.264. The molecule has 2 rings (SSSR count). The summed E-state index contributed by atoms with van der Waals surface area (Å²) in [5.74, 6) is 0.142. The fourth-order valence-corrected chi connectivity index (χ4v) is 2.21. The second-order valence-corrected chi connectivity index (χ2v) is 5.53. The molecule has 1 fully saturated rings. The molecule has 0 heterocycles. The lowest BCUT2D eigenvalue weighted by atomic mass is 9.94. The Morgan fingerprint density at radius 1 is 1.41 bits per heavy atom. The molecule has 2 unspecified atom stereocenters. The van der Waals surface area contributed by atoms with Crippen LogP contribution in [0.2, 0.25) is 5.02 Å². The smallest absolute Gasteiger partial charge is 0.144 e. The van der Waals surface area contributed by atoms with Crippen molar-refractivity contribution in [2.45, 2.75) is 45.2 Å². The van der Waals surface area contributed by atoms with E-state index in [1.54, 1.807) is 6.07 Å². The molecule has 1 aliphatic rings. The van der Waals surface area contributed by atoms with Gasteiger partial charge >= 0.3 is 0 Å². The average Bonchev–Trinajstić information content (AvgIpc) is 3.08. The summed E-state index contributed by atoms with van der Waals surface area (Å²) in [6, 6.07) is 6.34. The maximum atomic E-state index is 13.7. The number of benzene rings is 1. The van der Waals surface area contributed by atoms with E-state index < -0.39 is 0 Å². The van der Waals surface area contributed by atoms with Crippen molar-refractivity contribution in [3.05, 3.63) is 34.6 Å². The third kappa shape index (κ3) is 3.43. The second-order valence-electron chi connectivity index (χ2n) is 5.12. The molecule has 0 amide bonds. The Kier molecular flexibility index (Phi) is 4.05. The van der Waals surface area contributed by atoms with Gasteiger partial charge < -0.3 is 5.32 Å². The normalized spacial score (nSPS) is 19.1. The fraction of sp³-hybridized carbons (Fsp3) is 0.571. The van der Waals surface area contributed by atoms with E-state index in [0.717, 1.165) is 12.0 Å². The number of hydrogen-bond acceptors (Lipinski definition) is 1. The lowest BCUT2D eigenvalue weighted by molar-refractivity contribution is 0.391. The Morgan fingerprint density at radius 2 is 2.12 bits per heavy atom. The van der Waals surface area contributed by atoms with Gasteiger partial charge in [-0.15, -0.1) is 0 Å². The summed E-state index contributed by atoms with van der Waals surface area (Å²) in [7, 11) is 0. The lowest BCUT2D eigenvalue weighted by Crippen LogP contribution is -2.34. The van der Waals surface area contributed by atoms with Crippen LogP contribution in [0.15, 0.2) is 18.2 Å². The molecule has 1 aliphatic carbocycles. The molecule has 94 valence electrons.